The maximum Gasteiger partial charge on any atom is 0.254 e. The molecule has 18 heavy (non-hydrogen) atoms. The Morgan fingerprint density at radius 2 is 2.17 bits per heavy atom. The van der Waals surface area contributed by atoms with Gasteiger partial charge in [-0.25, -0.2) is 0 Å². The number of anilines is 2. The third-order valence-electron chi connectivity index (χ3n) is 2.78. The van der Waals surface area contributed by atoms with Gasteiger partial charge in [0.05, 0.1) is 11.3 Å². The van der Waals surface area contributed by atoms with E-state index >= 15 is 0 Å². The van der Waals surface area contributed by atoms with E-state index in [9.17, 15) is 9.59 Å². The molecule has 1 aromatic carbocycles. The van der Waals surface area contributed by atoms with Crippen molar-refractivity contribution in [1.82, 2.24) is 5.32 Å². The van der Waals surface area contributed by atoms with E-state index in [4.69, 9.17) is 5.73 Å². The summed E-state index contributed by atoms with van der Waals surface area (Å²) in [7, 11) is 0. The molecule has 1 aliphatic rings. The van der Waals surface area contributed by atoms with Crippen LogP contribution in [0.5, 0.6) is 0 Å². The molecule has 5 nitrogen and oxygen atoms in total. The molecule has 1 atom stereocenters. The minimum absolute atomic E-state index is 0.180. The van der Waals surface area contributed by atoms with E-state index in [0.29, 0.717) is 23.4 Å². The SMILES string of the molecule is CSCC[C@H]1NC(=O)c2cc(N)ccc2NC1=O. The maximum atomic E-state index is 12.0. The first-order chi connectivity index (χ1) is 8.61. The quantitative estimate of drug-likeness (QED) is 0.714. The molecular weight excluding hydrogens is 250 g/mol. The molecule has 0 fully saturated rings. The highest BCUT2D eigenvalue weighted by molar-refractivity contribution is 7.98. The van der Waals surface area contributed by atoms with Crippen LogP contribution in [0.1, 0.15) is 16.8 Å². The number of hydrogen-bond donors (Lipinski definition) is 3. The summed E-state index contributed by atoms with van der Waals surface area (Å²) in [6.07, 6.45) is 2.58. The van der Waals surface area contributed by atoms with E-state index < -0.39 is 6.04 Å². The lowest BCUT2D eigenvalue weighted by Gasteiger charge is -2.13. The Hall–Kier alpha value is -1.69. The first-order valence-corrected chi connectivity index (χ1v) is 7.01. The second-order valence-electron chi connectivity index (χ2n) is 4.10. The third-order valence-corrected chi connectivity index (χ3v) is 3.42. The Labute approximate surface area is 110 Å². The van der Waals surface area contributed by atoms with E-state index in [-0.39, 0.29) is 11.8 Å². The highest BCUT2D eigenvalue weighted by atomic mass is 32.2. The average Bonchev–Trinajstić information content (AvgIpc) is 2.46. The largest absolute Gasteiger partial charge is 0.399 e. The fourth-order valence-corrected chi connectivity index (χ4v) is 2.29. The lowest BCUT2D eigenvalue weighted by atomic mass is 10.1. The highest BCUT2D eigenvalue weighted by Crippen LogP contribution is 2.22. The summed E-state index contributed by atoms with van der Waals surface area (Å²) >= 11 is 1.64. The molecule has 2 rings (SSSR count). The molecule has 96 valence electrons. The summed E-state index contributed by atoms with van der Waals surface area (Å²) in [5.41, 5.74) is 7.07. The van der Waals surface area contributed by atoms with Crippen molar-refractivity contribution in [3.8, 4) is 0 Å². The molecule has 0 aromatic heterocycles. The number of fused-ring (bicyclic) bond motifs is 1. The number of carbonyl (C=O) groups excluding carboxylic acids is 2. The molecule has 4 N–H and O–H groups in total. The number of benzene rings is 1. The Bertz CT molecular complexity index is 490. The predicted octanol–water partition coefficient (Wildman–Crippen LogP) is 1.07. The Morgan fingerprint density at radius 1 is 1.39 bits per heavy atom. The topological polar surface area (TPSA) is 84.2 Å². The number of hydrogen-bond acceptors (Lipinski definition) is 4. The van der Waals surface area contributed by atoms with Gasteiger partial charge in [-0.15, -0.1) is 0 Å². The van der Waals surface area contributed by atoms with Gasteiger partial charge >= 0.3 is 0 Å². The third kappa shape index (κ3) is 2.59. The minimum atomic E-state index is -0.487. The second kappa shape index (κ2) is 5.30. The van der Waals surface area contributed by atoms with Crippen molar-refractivity contribution < 1.29 is 9.59 Å². The van der Waals surface area contributed by atoms with E-state index in [1.165, 1.54) is 0 Å². The Morgan fingerprint density at radius 3 is 2.89 bits per heavy atom. The molecule has 0 unspecified atom stereocenters. The molecule has 1 aliphatic heterocycles. The number of nitrogens with two attached hydrogens (primary N) is 1. The van der Waals surface area contributed by atoms with Gasteiger partial charge in [0.1, 0.15) is 6.04 Å². The first-order valence-electron chi connectivity index (χ1n) is 5.62. The van der Waals surface area contributed by atoms with Crippen LogP contribution in [0, 0.1) is 0 Å². The monoisotopic (exact) mass is 265 g/mol. The summed E-state index contributed by atoms with van der Waals surface area (Å²) in [6, 6.07) is 4.40. The molecule has 1 aromatic rings. The van der Waals surface area contributed by atoms with Crippen LogP contribution in [-0.2, 0) is 4.79 Å². The number of nitrogen functional groups attached to an aromatic ring is 1. The van der Waals surface area contributed by atoms with Gasteiger partial charge in [-0.1, -0.05) is 0 Å². The summed E-state index contributed by atoms with van der Waals surface area (Å²) in [6.45, 7) is 0. The van der Waals surface area contributed by atoms with Gasteiger partial charge in [0.2, 0.25) is 5.91 Å². The molecule has 0 radical (unpaired) electrons. The van der Waals surface area contributed by atoms with Gasteiger partial charge in [0.25, 0.3) is 5.91 Å². The van der Waals surface area contributed by atoms with Gasteiger partial charge in [0.15, 0.2) is 0 Å². The summed E-state index contributed by atoms with van der Waals surface area (Å²) in [5.74, 6) is 0.374. The number of rotatable bonds is 3. The molecule has 6 heteroatoms. The van der Waals surface area contributed by atoms with Crippen LogP contribution in [0.4, 0.5) is 11.4 Å². The summed E-state index contributed by atoms with van der Waals surface area (Å²) in [4.78, 5) is 24.0. The van der Waals surface area contributed by atoms with Crippen LogP contribution in [0.25, 0.3) is 0 Å². The Kier molecular flexibility index (Phi) is 3.76. The molecule has 0 saturated carbocycles. The molecule has 1 heterocycles. The Balaban J connectivity index is 2.26. The molecule has 2 amide bonds. The molecular formula is C12H15N3O2S. The fourth-order valence-electron chi connectivity index (χ4n) is 1.82. The lowest BCUT2D eigenvalue weighted by molar-refractivity contribution is -0.117. The molecule has 0 spiro atoms. The second-order valence-corrected chi connectivity index (χ2v) is 5.09. The number of thioether (sulfide) groups is 1. The standard InChI is InChI=1S/C12H15N3O2S/c1-18-5-4-10-12(17)14-9-3-2-7(13)6-8(9)11(16)15-10/h2-3,6,10H,4-5,13H2,1H3,(H,14,17)(H,15,16)/t10-/m1/s1. The van der Waals surface area contributed by atoms with Crippen molar-refractivity contribution >= 4 is 35.0 Å². The first kappa shape index (κ1) is 12.8. The van der Waals surface area contributed by atoms with Gasteiger partial charge in [-0.3, -0.25) is 9.59 Å². The van der Waals surface area contributed by atoms with Gasteiger partial charge < -0.3 is 16.4 Å². The van der Waals surface area contributed by atoms with Crippen molar-refractivity contribution in [3.05, 3.63) is 23.8 Å². The highest BCUT2D eigenvalue weighted by Gasteiger charge is 2.27. The van der Waals surface area contributed by atoms with Crippen LogP contribution in [0.15, 0.2) is 18.2 Å². The zero-order valence-electron chi connectivity index (χ0n) is 10.0. The van der Waals surface area contributed by atoms with Crippen LogP contribution >= 0.6 is 11.8 Å². The van der Waals surface area contributed by atoms with Gasteiger partial charge in [0, 0.05) is 5.69 Å². The zero-order chi connectivity index (χ0) is 13.1. The number of carbonyl (C=O) groups is 2. The fraction of sp³-hybridized carbons (Fsp3) is 0.333. The summed E-state index contributed by atoms with van der Waals surface area (Å²) in [5, 5.41) is 5.48. The van der Waals surface area contributed by atoms with Crippen molar-refractivity contribution in [2.45, 2.75) is 12.5 Å². The van der Waals surface area contributed by atoms with E-state index in [1.807, 2.05) is 6.26 Å². The van der Waals surface area contributed by atoms with E-state index in [2.05, 4.69) is 10.6 Å². The normalized spacial score (nSPS) is 18.6. The van der Waals surface area contributed by atoms with Gasteiger partial charge in [-0.2, -0.15) is 11.8 Å². The number of amides is 2. The van der Waals surface area contributed by atoms with Crippen LogP contribution in [-0.4, -0.2) is 29.9 Å². The smallest absolute Gasteiger partial charge is 0.254 e. The lowest BCUT2D eigenvalue weighted by Crippen LogP contribution is -2.41. The summed E-state index contributed by atoms with van der Waals surface area (Å²) < 4.78 is 0. The molecule has 0 bridgehead atoms. The average molecular weight is 265 g/mol. The van der Waals surface area contributed by atoms with E-state index in [0.717, 1.165) is 5.75 Å². The van der Waals surface area contributed by atoms with E-state index in [1.54, 1.807) is 30.0 Å². The predicted molar refractivity (Wildman–Crippen MR) is 73.7 cm³/mol. The van der Waals surface area contributed by atoms with Crippen LogP contribution in [0.3, 0.4) is 0 Å². The van der Waals surface area contributed by atoms with Crippen molar-refractivity contribution in [1.29, 1.82) is 0 Å². The maximum absolute atomic E-state index is 12.0. The molecule has 0 aliphatic carbocycles. The zero-order valence-corrected chi connectivity index (χ0v) is 10.8. The minimum Gasteiger partial charge on any atom is -0.399 e. The number of nitrogens with one attached hydrogen (secondary N) is 2. The van der Waals surface area contributed by atoms with Gasteiger partial charge in [-0.05, 0) is 36.6 Å². The van der Waals surface area contributed by atoms with Crippen molar-refractivity contribution in [2.75, 3.05) is 23.1 Å². The van der Waals surface area contributed by atoms with Crippen LogP contribution < -0.4 is 16.4 Å². The van der Waals surface area contributed by atoms with Crippen LogP contribution in [0.2, 0.25) is 0 Å². The van der Waals surface area contributed by atoms with Crippen molar-refractivity contribution in [3.63, 3.8) is 0 Å². The molecule has 0 saturated heterocycles. The van der Waals surface area contributed by atoms with Crippen molar-refractivity contribution in [2.24, 2.45) is 0 Å².